The fraction of sp³-hybridized carbons (Fsp3) is 0.643. The zero-order valence-electron chi connectivity index (χ0n) is 11.4. The normalized spacial score (nSPS) is 12.1. The number of aryl methyl sites for hydroxylation is 1. The zero-order chi connectivity index (χ0) is 12.9. The molecule has 0 unspecified atom stereocenters. The van der Waals surface area contributed by atoms with Crippen LogP contribution in [0.5, 0.6) is 0 Å². The lowest BCUT2D eigenvalue weighted by atomic mass is 9.95. The molecule has 0 spiro atoms. The molecule has 0 bridgehead atoms. The van der Waals surface area contributed by atoms with E-state index < -0.39 is 0 Å². The van der Waals surface area contributed by atoms with Crippen LogP contribution in [0, 0.1) is 12.3 Å². The third kappa shape index (κ3) is 5.09. The van der Waals surface area contributed by atoms with Gasteiger partial charge in [-0.05, 0) is 36.8 Å². The lowest BCUT2D eigenvalue weighted by Crippen LogP contribution is -2.35. The minimum absolute atomic E-state index is 0.253. The number of pyridine rings is 1. The van der Waals surface area contributed by atoms with Gasteiger partial charge >= 0.3 is 0 Å². The van der Waals surface area contributed by atoms with Gasteiger partial charge in [0.25, 0.3) is 0 Å². The Morgan fingerprint density at radius 1 is 1.35 bits per heavy atom. The molecule has 0 aliphatic rings. The molecule has 3 heteroatoms. The van der Waals surface area contributed by atoms with E-state index in [2.05, 4.69) is 55.4 Å². The highest BCUT2D eigenvalue weighted by atomic mass is 32.1. The number of hydrogen-bond donors (Lipinski definition) is 1. The van der Waals surface area contributed by atoms with E-state index in [-0.39, 0.29) is 5.41 Å². The molecule has 17 heavy (non-hydrogen) atoms. The maximum Gasteiger partial charge on any atom is 0.0547 e. The van der Waals surface area contributed by atoms with Gasteiger partial charge in [-0.25, -0.2) is 0 Å². The first-order valence-electron chi connectivity index (χ1n) is 6.22. The molecule has 0 aliphatic heterocycles. The Bertz CT molecular complexity index is 350. The molecule has 2 nitrogen and oxygen atoms in total. The highest BCUT2D eigenvalue weighted by molar-refractivity contribution is 7.80. The van der Waals surface area contributed by atoms with Crippen LogP contribution in [0.15, 0.2) is 18.2 Å². The van der Waals surface area contributed by atoms with Gasteiger partial charge in [0.05, 0.1) is 5.69 Å². The lowest BCUT2D eigenvalue weighted by molar-refractivity contribution is 0.194. The average molecular weight is 252 g/mol. The van der Waals surface area contributed by atoms with Crippen molar-refractivity contribution in [1.82, 2.24) is 9.88 Å². The van der Waals surface area contributed by atoms with Gasteiger partial charge in [-0.1, -0.05) is 26.8 Å². The highest BCUT2D eigenvalue weighted by Gasteiger charge is 2.19. The van der Waals surface area contributed by atoms with E-state index >= 15 is 0 Å². The van der Waals surface area contributed by atoms with Crippen molar-refractivity contribution in [1.29, 1.82) is 0 Å². The summed E-state index contributed by atoms with van der Waals surface area (Å²) in [5, 5.41) is 0. The molecule has 0 N–H and O–H groups in total. The fourth-order valence-corrected chi connectivity index (χ4v) is 1.95. The van der Waals surface area contributed by atoms with Gasteiger partial charge in [-0.2, -0.15) is 12.6 Å². The first-order chi connectivity index (χ1) is 7.96. The van der Waals surface area contributed by atoms with Crippen molar-refractivity contribution in [3.05, 3.63) is 29.6 Å². The highest BCUT2D eigenvalue weighted by Crippen LogP contribution is 2.19. The van der Waals surface area contributed by atoms with Gasteiger partial charge in [0, 0.05) is 18.8 Å². The Morgan fingerprint density at radius 3 is 2.59 bits per heavy atom. The van der Waals surface area contributed by atoms with Gasteiger partial charge in [-0.3, -0.25) is 9.88 Å². The summed E-state index contributed by atoms with van der Waals surface area (Å²) in [6.45, 7) is 11.8. The van der Waals surface area contributed by atoms with Crippen molar-refractivity contribution in [2.24, 2.45) is 5.41 Å². The van der Waals surface area contributed by atoms with Crippen LogP contribution in [-0.4, -0.2) is 28.7 Å². The van der Waals surface area contributed by atoms with Crippen LogP contribution >= 0.6 is 12.6 Å². The van der Waals surface area contributed by atoms with Crippen LogP contribution in [0.3, 0.4) is 0 Å². The zero-order valence-corrected chi connectivity index (χ0v) is 12.3. The minimum atomic E-state index is 0.253. The average Bonchev–Trinajstić information content (AvgIpc) is 2.28. The first-order valence-corrected chi connectivity index (χ1v) is 6.86. The standard InChI is InChI=1S/C14H24N2S/c1-5-16(10-14(3,4)11-17)9-13-8-6-7-12(2)15-13/h6-8,17H,5,9-11H2,1-4H3. The molecular formula is C14H24N2S. The molecule has 1 aromatic heterocycles. The maximum atomic E-state index is 4.56. The third-order valence-electron chi connectivity index (χ3n) is 2.86. The molecule has 1 heterocycles. The molecule has 0 amide bonds. The first kappa shape index (κ1) is 14.5. The number of hydrogen-bond acceptors (Lipinski definition) is 3. The Kier molecular flexibility index (Phi) is 5.47. The third-order valence-corrected chi connectivity index (χ3v) is 3.71. The van der Waals surface area contributed by atoms with Crippen molar-refractivity contribution in [2.45, 2.75) is 34.2 Å². The van der Waals surface area contributed by atoms with Crippen molar-refractivity contribution < 1.29 is 0 Å². The number of thiol groups is 1. The molecule has 1 rings (SSSR count). The van der Waals surface area contributed by atoms with Gasteiger partial charge < -0.3 is 0 Å². The molecule has 0 aliphatic carbocycles. The van der Waals surface area contributed by atoms with E-state index in [1.807, 2.05) is 13.0 Å². The molecule has 96 valence electrons. The summed E-state index contributed by atoms with van der Waals surface area (Å²) in [6, 6.07) is 6.22. The van der Waals surface area contributed by atoms with Gasteiger partial charge in [0.1, 0.15) is 0 Å². The Morgan fingerprint density at radius 2 is 2.06 bits per heavy atom. The van der Waals surface area contributed by atoms with Crippen LogP contribution < -0.4 is 0 Å². The van der Waals surface area contributed by atoms with E-state index in [0.29, 0.717) is 0 Å². The SMILES string of the molecule is CCN(Cc1cccc(C)n1)CC(C)(C)CS. The van der Waals surface area contributed by atoms with Crippen LogP contribution in [0.1, 0.15) is 32.2 Å². The summed E-state index contributed by atoms with van der Waals surface area (Å²) in [5.41, 5.74) is 2.50. The van der Waals surface area contributed by atoms with E-state index in [9.17, 15) is 0 Å². The van der Waals surface area contributed by atoms with Crippen molar-refractivity contribution in [3.63, 3.8) is 0 Å². The summed E-state index contributed by atoms with van der Waals surface area (Å²) >= 11 is 4.41. The van der Waals surface area contributed by atoms with Gasteiger partial charge in [0.15, 0.2) is 0 Å². The van der Waals surface area contributed by atoms with E-state index in [0.717, 1.165) is 36.8 Å². The summed E-state index contributed by atoms with van der Waals surface area (Å²) in [7, 11) is 0. The maximum absolute atomic E-state index is 4.56. The Balaban J connectivity index is 2.64. The van der Waals surface area contributed by atoms with E-state index in [4.69, 9.17) is 0 Å². The number of aromatic nitrogens is 1. The molecule has 0 saturated heterocycles. The Labute approximate surface area is 111 Å². The summed E-state index contributed by atoms with van der Waals surface area (Å²) in [5.74, 6) is 0.907. The second kappa shape index (κ2) is 6.41. The molecule has 0 saturated carbocycles. The smallest absolute Gasteiger partial charge is 0.0547 e. The molecule has 0 radical (unpaired) electrons. The second-order valence-electron chi connectivity index (χ2n) is 5.40. The van der Waals surface area contributed by atoms with Crippen LogP contribution in [0.2, 0.25) is 0 Å². The van der Waals surface area contributed by atoms with Crippen molar-refractivity contribution in [2.75, 3.05) is 18.8 Å². The predicted octanol–water partition coefficient (Wildman–Crippen LogP) is 3.17. The molecular weight excluding hydrogens is 228 g/mol. The quantitative estimate of drug-likeness (QED) is 0.783. The molecule has 0 aromatic carbocycles. The van der Waals surface area contributed by atoms with Crippen LogP contribution in [0.4, 0.5) is 0 Å². The van der Waals surface area contributed by atoms with Crippen molar-refractivity contribution >= 4 is 12.6 Å². The largest absolute Gasteiger partial charge is 0.297 e. The number of rotatable bonds is 6. The van der Waals surface area contributed by atoms with Crippen LogP contribution in [0.25, 0.3) is 0 Å². The van der Waals surface area contributed by atoms with Crippen molar-refractivity contribution in [3.8, 4) is 0 Å². The summed E-state index contributed by atoms with van der Waals surface area (Å²) < 4.78 is 0. The molecule has 1 aromatic rings. The predicted molar refractivity (Wildman–Crippen MR) is 77.6 cm³/mol. The number of nitrogens with zero attached hydrogens (tertiary/aromatic N) is 2. The second-order valence-corrected chi connectivity index (χ2v) is 5.71. The fourth-order valence-electron chi connectivity index (χ4n) is 1.85. The molecule has 0 fully saturated rings. The van der Waals surface area contributed by atoms with Gasteiger partial charge in [0.2, 0.25) is 0 Å². The van der Waals surface area contributed by atoms with E-state index in [1.54, 1.807) is 0 Å². The molecule has 0 atom stereocenters. The van der Waals surface area contributed by atoms with Gasteiger partial charge in [-0.15, -0.1) is 0 Å². The van der Waals surface area contributed by atoms with Crippen LogP contribution in [-0.2, 0) is 6.54 Å². The minimum Gasteiger partial charge on any atom is -0.297 e. The summed E-state index contributed by atoms with van der Waals surface area (Å²) in [6.07, 6.45) is 0. The lowest BCUT2D eigenvalue weighted by Gasteiger charge is -2.30. The summed E-state index contributed by atoms with van der Waals surface area (Å²) in [4.78, 5) is 6.98. The Hall–Kier alpha value is -0.540. The monoisotopic (exact) mass is 252 g/mol. The van der Waals surface area contributed by atoms with E-state index in [1.165, 1.54) is 0 Å². The topological polar surface area (TPSA) is 16.1 Å².